The minimum absolute atomic E-state index is 0.167. The van der Waals surface area contributed by atoms with E-state index in [1.807, 2.05) is 18.2 Å². The van der Waals surface area contributed by atoms with Crippen molar-refractivity contribution in [3.8, 4) is 0 Å². The molecule has 0 aliphatic rings. The van der Waals surface area contributed by atoms with Crippen LogP contribution < -0.4 is 0 Å². The van der Waals surface area contributed by atoms with Crippen molar-refractivity contribution >= 4 is 11.6 Å². The molecule has 0 aliphatic carbocycles. The molecule has 1 aromatic carbocycles. The summed E-state index contributed by atoms with van der Waals surface area (Å²) >= 11 is 5.81. The summed E-state index contributed by atoms with van der Waals surface area (Å²) in [5, 5.41) is 0. The van der Waals surface area contributed by atoms with E-state index in [4.69, 9.17) is 16.3 Å². The number of alkyl halides is 1. The van der Waals surface area contributed by atoms with Gasteiger partial charge in [-0.3, -0.25) is 0 Å². The molecule has 1 aromatic rings. The summed E-state index contributed by atoms with van der Waals surface area (Å²) in [5.41, 5.74) is 2.32. The number of hydrogen-bond acceptors (Lipinski definition) is 1. The van der Waals surface area contributed by atoms with E-state index in [9.17, 15) is 0 Å². The molecule has 0 bridgehead atoms. The quantitative estimate of drug-likeness (QED) is 0.675. The van der Waals surface area contributed by atoms with Gasteiger partial charge in [0.05, 0.1) is 6.61 Å². The van der Waals surface area contributed by atoms with E-state index in [-0.39, 0.29) is 5.92 Å². The first-order valence-electron chi connectivity index (χ1n) is 4.25. The fourth-order valence-corrected chi connectivity index (χ4v) is 1.59. The standard InChI is InChI=1S/C11H14ClO/c1-9(8-13-2)11-6-4-3-5-10(11)7-12/h3-6,9H,1,7-8H2,2H3. The molecule has 1 nitrogen and oxygen atoms in total. The van der Waals surface area contributed by atoms with Gasteiger partial charge in [0.2, 0.25) is 0 Å². The van der Waals surface area contributed by atoms with E-state index in [0.29, 0.717) is 12.5 Å². The van der Waals surface area contributed by atoms with Gasteiger partial charge in [-0.05, 0) is 18.1 Å². The Morgan fingerprint density at radius 3 is 2.77 bits per heavy atom. The molecule has 0 heterocycles. The van der Waals surface area contributed by atoms with E-state index < -0.39 is 0 Å². The average Bonchev–Trinajstić information content (AvgIpc) is 2.18. The lowest BCUT2D eigenvalue weighted by molar-refractivity contribution is 0.190. The highest BCUT2D eigenvalue weighted by atomic mass is 35.5. The first kappa shape index (κ1) is 10.6. The van der Waals surface area contributed by atoms with Crippen molar-refractivity contribution in [2.75, 3.05) is 13.7 Å². The zero-order chi connectivity index (χ0) is 9.68. The van der Waals surface area contributed by atoms with Gasteiger partial charge in [-0.2, -0.15) is 0 Å². The molecule has 0 fully saturated rings. The maximum Gasteiger partial charge on any atom is 0.0531 e. The minimum Gasteiger partial charge on any atom is -0.384 e. The molecule has 2 heteroatoms. The zero-order valence-electron chi connectivity index (χ0n) is 7.79. The van der Waals surface area contributed by atoms with Gasteiger partial charge in [0.15, 0.2) is 0 Å². The molecular weight excluding hydrogens is 184 g/mol. The molecular formula is C11H14ClO. The lowest BCUT2D eigenvalue weighted by atomic mass is 9.97. The topological polar surface area (TPSA) is 9.23 Å². The van der Waals surface area contributed by atoms with E-state index in [1.54, 1.807) is 7.11 Å². The Morgan fingerprint density at radius 2 is 2.15 bits per heavy atom. The van der Waals surface area contributed by atoms with Crippen LogP contribution in [0.5, 0.6) is 0 Å². The summed E-state index contributed by atoms with van der Waals surface area (Å²) in [7, 11) is 1.68. The third-order valence-corrected chi connectivity index (χ3v) is 2.29. The van der Waals surface area contributed by atoms with Crippen molar-refractivity contribution in [1.82, 2.24) is 0 Å². The molecule has 1 radical (unpaired) electrons. The van der Waals surface area contributed by atoms with Gasteiger partial charge in [-0.1, -0.05) is 24.3 Å². The molecule has 0 aromatic heterocycles. The van der Waals surface area contributed by atoms with E-state index in [2.05, 4.69) is 13.0 Å². The smallest absolute Gasteiger partial charge is 0.0531 e. The molecule has 0 spiro atoms. The Balaban J connectivity index is 2.85. The summed E-state index contributed by atoms with van der Waals surface area (Å²) in [5.74, 6) is 0.700. The number of methoxy groups -OCH3 is 1. The van der Waals surface area contributed by atoms with Gasteiger partial charge in [0, 0.05) is 18.9 Å². The van der Waals surface area contributed by atoms with Crippen LogP contribution in [0.15, 0.2) is 24.3 Å². The van der Waals surface area contributed by atoms with Gasteiger partial charge >= 0.3 is 0 Å². The van der Waals surface area contributed by atoms with Gasteiger partial charge in [-0.15, -0.1) is 11.6 Å². The maximum atomic E-state index is 5.81. The SMILES string of the molecule is [CH2]C(COC)c1ccccc1CCl. The fraction of sp³-hybridized carbons (Fsp3) is 0.364. The zero-order valence-corrected chi connectivity index (χ0v) is 8.55. The largest absolute Gasteiger partial charge is 0.384 e. The monoisotopic (exact) mass is 197 g/mol. The normalized spacial score (nSPS) is 12.8. The van der Waals surface area contributed by atoms with Gasteiger partial charge in [0.25, 0.3) is 0 Å². The number of halogens is 1. The fourth-order valence-electron chi connectivity index (χ4n) is 1.35. The Morgan fingerprint density at radius 1 is 1.46 bits per heavy atom. The van der Waals surface area contributed by atoms with Crippen molar-refractivity contribution in [2.24, 2.45) is 0 Å². The molecule has 1 atom stereocenters. The second-order valence-electron chi connectivity index (χ2n) is 2.98. The Bertz CT molecular complexity index is 260. The number of hydrogen-bond donors (Lipinski definition) is 0. The maximum absolute atomic E-state index is 5.81. The lowest BCUT2D eigenvalue weighted by Gasteiger charge is -2.13. The molecule has 1 unspecified atom stereocenters. The van der Waals surface area contributed by atoms with E-state index in [0.717, 1.165) is 5.56 Å². The van der Waals surface area contributed by atoms with Gasteiger partial charge < -0.3 is 4.74 Å². The lowest BCUT2D eigenvalue weighted by Crippen LogP contribution is -2.04. The molecule has 0 saturated heterocycles. The summed E-state index contributed by atoms with van der Waals surface area (Å²) in [6.45, 7) is 4.66. The predicted octanol–water partition coefficient (Wildman–Crippen LogP) is 2.99. The van der Waals surface area contributed by atoms with Gasteiger partial charge in [-0.25, -0.2) is 0 Å². The van der Waals surface area contributed by atoms with Crippen LogP contribution in [-0.4, -0.2) is 13.7 Å². The Hall–Kier alpha value is -0.530. The van der Waals surface area contributed by atoms with Crippen LogP contribution >= 0.6 is 11.6 Å². The number of rotatable bonds is 4. The van der Waals surface area contributed by atoms with Crippen LogP contribution in [0.2, 0.25) is 0 Å². The molecule has 1 rings (SSSR count). The second-order valence-corrected chi connectivity index (χ2v) is 3.25. The van der Waals surface area contributed by atoms with Crippen molar-refractivity contribution in [3.63, 3.8) is 0 Å². The van der Waals surface area contributed by atoms with Crippen LogP contribution in [0.4, 0.5) is 0 Å². The Kier molecular flexibility index (Phi) is 4.26. The summed E-state index contributed by atoms with van der Waals surface area (Å²) < 4.78 is 5.05. The molecule has 0 aliphatic heterocycles. The molecule has 0 saturated carbocycles. The van der Waals surface area contributed by atoms with Crippen LogP contribution in [0, 0.1) is 6.92 Å². The summed E-state index contributed by atoms with van der Waals surface area (Å²) in [6.07, 6.45) is 0. The molecule has 13 heavy (non-hydrogen) atoms. The highest BCUT2D eigenvalue weighted by Crippen LogP contribution is 2.20. The summed E-state index contributed by atoms with van der Waals surface area (Å²) in [4.78, 5) is 0. The van der Waals surface area contributed by atoms with E-state index >= 15 is 0 Å². The number of benzene rings is 1. The van der Waals surface area contributed by atoms with E-state index in [1.165, 1.54) is 5.56 Å². The predicted molar refractivity (Wildman–Crippen MR) is 56.0 cm³/mol. The third-order valence-electron chi connectivity index (χ3n) is 2.01. The van der Waals surface area contributed by atoms with Crippen LogP contribution in [-0.2, 0) is 10.6 Å². The molecule has 0 N–H and O–H groups in total. The Labute approximate surface area is 84.7 Å². The van der Waals surface area contributed by atoms with Crippen LogP contribution in [0.3, 0.4) is 0 Å². The van der Waals surface area contributed by atoms with Crippen LogP contribution in [0.1, 0.15) is 17.0 Å². The molecule has 0 amide bonds. The second kappa shape index (κ2) is 5.25. The van der Waals surface area contributed by atoms with Crippen molar-refractivity contribution in [2.45, 2.75) is 11.8 Å². The summed E-state index contributed by atoms with van der Waals surface area (Å²) in [6, 6.07) is 8.06. The minimum atomic E-state index is 0.167. The first-order chi connectivity index (χ1) is 6.29. The molecule has 71 valence electrons. The number of ether oxygens (including phenoxy) is 1. The highest BCUT2D eigenvalue weighted by Gasteiger charge is 2.08. The van der Waals surface area contributed by atoms with Crippen molar-refractivity contribution in [1.29, 1.82) is 0 Å². The van der Waals surface area contributed by atoms with Gasteiger partial charge in [0.1, 0.15) is 0 Å². The third kappa shape index (κ3) is 2.71. The van der Waals surface area contributed by atoms with Crippen molar-refractivity contribution < 1.29 is 4.74 Å². The average molecular weight is 198 g/mol. The first-order valence-corrected chi connectivity index (χ1v) is 4.78. The van der Waals surface area contributed by atoms with Crippen molar-refractivity contribution in [3.05, 3.63) is 42.3 Å². The van der Waals surface area contributed by atoms with Crippen LogP contribution in [0.25, 0.3) is 0 Å². The highest BCUT2D eigenvalue weighted by molar-refractivity contribution is 6.17.